The number of hydrogen-bond donors (Lipinski definition) is 6. The lowest BCUT2D eigenvalue weighted by Gasteiger charge is -2.25. The molecule has 0 aromatic heterocycles. The van der Waals surface area contributed by atoms with Gasteiger partial charge in [-0.05, 0) is 18.8 Å². The fourth-order valence-corrected chi connectivity index (χ4v) is 2.24. The van der Waals surface area contributed by atoms with Crippen LogP contribution in [-0.4, -0.2) is 69.0 Å². The van der Waals surface area contributed by atoms with Crippen LogP contribution >= 0.6 is 0 Å². The Morgan fingerprint density at radius 3 is 2.21 bits per heavy atom. The molecule has 0 spiro atoms. The molecule has 7 nitrogen and oxygen atoms in total. The molecule has 1 aliphatic carbocycles. The van der Waals surface area contributed by atoms with Crippen LogP contribution in [0.1, 0.15) is 25.7 Å². The highest BCUT2D eigenvalue weighted by Gasteiger charge is 2.34. The Kier molecular flexibility index (Phi) is 6.67. The van der Waals surface area contributed by atoms with Gasteiger partial charge in [0.25, 0.3) is 5.91 Å². The van der Waals surface area contributed by atoms with Crippen molar-refractivity contribution < 1.29 is 30.3 Å². The van der Waals surface area contributed by atoms with Crippen LogP contribution in [0.3, 0.4) is 0 Å². The molecule has 0 heterocycles. The molecule has 4 atom stereocenters. The standard InChI is InChI=1S/C12H23NO6/c14-6-8(15)9(16)10(17)11(18)12(19)13-5-7-3-1-2-4-7/h7-11,14-18H,1-6H2,(H,13,19). The molecule has 0 aromatic rings. The van der Waals surface area contributed by atoms with Gasteiger partial charge in [0, 0.05) is 6.54 Å². The minimum atomic E-state index is -1.84. The Bertz CT molecular complexity index is 281. The summed E-state index contributed by atoms with van der Waals surface area (Å²) in [5.74, 6) is -0.398. The van der Waals surface area contributed by atoms with Crippen molar-refractivity contribution in [3.05, 3.63) is 0 Å². The number of hydrogen-bond acceptors (Lipinski definition) is 6. The van der Waals surface area contributed by atoms with Crippen LogP contribution in [0.5, 0.6) is 0 Å². The number of amides is 1. The minimum absolute atomic E-state index is 0.390. The van der Waals surface area contributed by atoms with E-state index in [1.807, 2.05) is 0 Å². The third-order valence-electron chi connectivity index (χ3n) is 3.56. The first kappa shape index (κ1) is 16.3. The molecule has 0 aliphatic heterocycles. The normalized spacial score (nSPS) is 22.8. The second-order valence-corrected chi connectivity index (χ2v) is 5.07. The van der Waals surface area contributed by atoms with Gasteiger partial charge < -0.3 is 30.8 Å². The van der Waals surface area contributed by atoms with Crippen LogP contribution in [-0.2, 0) is 4.79 Å². The van der Waals surface area contributed by atoms with E-state index < -0.39 is 36.9 Å². The zero-order valence-corrected chi connectivity index (χ0v) is 10.8. The quantitative estimate of drug-likeness (QED) is 0.311. The molecule has 7 heteroatoms. The van der Waals surface area contributed by atoms with Gasteiger partial charge in [0.05, 0.1) is 6.61 Å². The molecule has 0 saturated heterocycles. The molecule has 1 aliphatic rings. The van der Waals surface area contributed by atoms with E-state index in [1.165, 1.54) is 0 Å². The fourth-order valence-electron chi connectivity index (χ4n) is 2.24. The fraction of sp³-hybridized carbons (Fsp3) is 0.917. The maximum Gasteiger partial charge on any atom is 0.251 e. The van der Waals surface area contributed by atoms with Crippen LogP contribution in [0.4, 0.5) is 0 Å². The van der Waals surface area contributed by atoms with Crippen molar-refractivity contribution in [2.45, 2.75) is 50.1 Å². The van der Waals surface area contributed by atoms with Gasteiger partial charge in [0.15, 0.2) is 6.10 Å². The second-order valence-electron chi connectivity index (χ2n) is 5.07. The molecule has 112 valence electrons. The summed E-state index contributed by atoms with van der Waals surface area (Å²) in [5, 5.41) is 48.7. The lowest BCUT2D eigenvalue weighted by Crippen LogP contribution is -2.52. The van der Waals surface area contributed by atoms with Crippen LogP contribution in [0, 0.1) is 5.92 Å². The molecular weight excluding hydrogens is 254 g/mol. The van der Waals surface area contributed by atoms with E-state index in [1.54, 1.807) is 0 Å². The lowest BCUT2D eigenvalue weighted by atomic mass is 10.0. The molecule has 1 amide bonds. The maximum absolute atomic E-state index is 11.6. The Morgan fingerprint density at radius 1 is 1.11 bits per heavy atom. The van der Waals surface area contributed by atoms with Gasteiger partial charge in [-0.25, -0.2) is 0 Å². The van der Waals surface area contributed by atoms with Crippen molar-refractivity contribution in [3.63, 3.8) is 0 Å². The number of rotatable bonds is 7. The molecule has 1 rings (SSSR count). The summed E-state index contributed by atoms with van der Waals surface area (Å²) in [6.45, 7) is -0.337. The van der Waals surface area contributed by atoms with E-state index in [2.05, 4.69) is 5.32 Å². The number of carbonyl (C=O) groups excluding carboxylic acids is 1. The van der Waals surface area contributed by atoms with Gasteiger partial charge in [-0.15, -0.1) is 0 Å². The monoisotopic (exact) mass is 277 g/mol. The van der Waals surface area contributed by atoms with Gasteiger partial charge >= 0.3 is 0 Å². The highest BCUT2D eigenvalue weighted by atomic mass is 16.4. The van der Waals surface area contributed by atoms with Crippen LogP contribution in [0.15, 0.2) is 0 Å². The highest BCUT2D eigenvalue weighted by Crippen LogP contribution is 2.23. The van der Waals surface area contributed by atoms with Crippen LogP contribution in [0.2, 0.25) is 0 Å². The Balaban J connectivity index is 2.37. The molecule has 4 unspecified atom stereocenters. The molecular formula is C12H23NO6. The number of nitrogens with one attached hydrogen (secondary N) is 1. The Morgan fingerprint density at radius 2 is 1.68 bits per heavy atom. The summed E-state index contributed by atoms with van der Waals surface area (Å²) < 4.78 is 0. The van der Waals surface area contributed by atoms with Gasteiger partial charge in [-0.1, -0.05) is 12.8 Å². The highest BCUT2D eigenvalue weighted by molar-refractivity contribution is 5.81. The smallest absolute Gasteiger partial charge is 0.251 e. The first-order chi connectivity index (χ1) is 8.97. The van der Waals surface area contributed by atoms with Crippen molar-refractivity contribution >= 4 is 5.91 Å². The zero-order valence-electron chi connectivity index (χ0n) is 10.8. The molecule has 6 N–H and O–H groups in total. The number of carbonyl (C=O) groups is 1. The van der Waals surface area contributed by atoms with E-state index in [0.29, 0.717) is 12.5 Å². The summed E-state index contributed by atoms with van der Waals surface area (Å²) in [6, 6.07) is 0. The first-order valence-corrected chi connectivity index (χ1v) is 6.58. The summed E-state index contributed by atoms with van der Waals surface area (Å²) in [4.78, 5) is 11.6. The van der Waals surface area contributed by atoms with E-state index >= 15 is 0 Å². The van der Waals surface area contributed by atoms with Gasteiger partial charge in [0.1, 0.15) is 18.3 Å². The Labute approximate surface area is 111 Å². The van der Waals surface area contributed by atoms with Crippen LogP contribution < -0.4 is 5.32 Å². The number of aliphatic hydroxyl groups excluding tert-OH is 5. The third kappa shape index (κ3) is 4.70. The van der Waals surface area contributed by atoms with E-state index in [9.17, 15) is 20.1 Å². The lowest BCUT2D eigenvalue weighted by molar-refractivity contribution is -0.149. The van der Waals surface area contributed by atoms with Crippen molar-refractivity contribution in [3.8, 4) is 0 Å². The molecule has 1 saturated carbocycles. The molecule has 19 heavy (non-hydrogen) atoms. The predicted molar refractivity (Wildman–Crippen MR) is 66.1 cm³/mol. The Hall–Kier alpha value is -0.730. The average molecular weight is 277 g/mol. The van der Waals surface area contributed by atoms with Crippen molar-refractivity contribution in [1.29, 1.82) is 0 Å². The van der Waals surface area contributed by atoms with E-state index in [0.717, 1.165) is 25.7 Å². The third-order valence-corrected chi connectivity index (χ3v) is 3.56. The van der Waals surface area contributed by atoms with Crippen molar-refractivity contribution in [2.24, 2.45) is 5.92 Å². The zero-order chi connectivity index (χ0) is 14.4. The largest absolute Gasteiger partial charge is 0.394 e. The van der Waals surface area contributed by atoms with Gasteiger partial charge in [-0.3, -0.25) is 4.79 Å². The summed E-state index contributed by atoms with van der Waals surface area (Å²) in [7, 11) is 0. The number of aliphatic hydroxyl groups is 5. The molecule has 0 aromatic carbocycles. The van der Waals surface area contributed by atoms with Gasteiger partial charge in [-0.2, -0.15) is 0 Å². The maximum atomic E-state index is 11.6. The van der Waals surface area contributed by atoms with Gasteiger partial charge in [0.2, 0.25) is 0 Å². The van der Waals surface area contributed by atoms with E-state index in [4.69, 9.17) is 10.2 Å². The predicted octanol–water partition coefficient (Wildman–Crippen LogP) is -2.27. The summed E-state index contributed by atoms with van der Waals surface area (Å²) in [6.07, 6.45) is -2.73. The second kappa shape index (κ2) is 7.76. The van der Waals surface area contributed by atoms with Crippen molar-refractivity contribution in [1.82, 2.24) is 5.32 Å². The SMILES string of the molecule is O=C(NCC1CCCC1)C(O)C(O)C(O)C(O)CO. The first-order valence-electron chi connectivity index (χ1n) is 6.58. The summed E-state index contributed by atoms with van der Waals surface area (Å²) >= 11 is 0. The molecule has 0 radical (unpaired) electrons. The topological polar surface area (TPSA) is 130 Å². The molecule has 1 fully saturated rings. The van der Waals surface area contributed by atoms with Crippen LogP contribution in [0.25, 0.3) is 0 Å². The minimum Gasteiger partial charge on any atom is -0.394 e. The van der Waals surface area contributed by atoms with E-state index in [-0.39, 0.29) is 0 Å². The van der Waals surface area contributed by atoms with Crippen molar-refractivity contribution in [2.75, 3.05) is 13.2 Å². The molecule has 0 bridgehead atoms. The summed E-state index contributed by atoms with van der Waals surface area (Å²) in [5.41, 5.74) is 0. The average Bonchev–Trinajstić information content (AvgIpc) is 2.94.